The van der Waals surface area contributed by atoms with Crippen molar-refractivity contribution in [3.05, 3.63) is 23.8 Å². The summed E-state index contributed by atoms with van der Waals surface area (Å²) in [5.74, 6) is -2.68. The number of hydrogen-bond donors (Lipinski definition) is 1. The lowest BCUT2D eigenvalue weighted by molar-refractivity contribution is -0.150. The molecule has 0 aromatic rings. The Kier molecular flexibility index (Phi) is 4.42. The molecule has 9 nitrogen and oxygen atoms in total. The summed E-state index contributed by atoms with van der Waals surface area (Å²) < 4.78 is 28.1. The standard InChI is InChI=1S/C22H26O9/c1-9(5-6-27-11(3)23)19(25)29-12-7-22(8-28-22)14-15(21(4)18(31-21)16(14)24)17-13(12)10(2)20(26)30-17/h5,12-18,24H,2,6-8H2,1,3-4H3/b9-5+/t12-,13-,14-,15+,16-,17+,18-,21-,22-/m1/s1. The molecule has 0 radical (unpaired) electrons. The molecule has 5 aliphatic rings. The van der Waals surface area contributed by atoms with Crippen molar-refractivity contribution < 1.29 is 43.2 Å². The van der Waals surface area contributed by atoms with Crippen LogP contribution in [0.3, 0.4) is 0 Å². The normalized spacial score (nSPS) is 47.1. The van der Waals surface area contributed by atoms with Gasteiger partial charge < -0.3 is 28.8 Å². The molecular formula is C22H26O9. The minimum Gasteiger partial charge on any atom is -0.462 e. The maximum absolute atomic E-state index is 12.8. The van der Waals surface area contributed by atoms with Crippen LogP contribution in [-0.2, 0) is 38.1 Å². The van der Waals surface area contributed by atoms with Crippen LogP contribution < -0.4 is 0 Å². The van der Waals surface area contributed by atoms with Crippen LogP contribution in [0.5, 0.6) is 0 Å². The number of aliphatic hydroxyl groups is 1. The number of carbonyl (C=O) groups excluding carboxylic acids is 3. The highest BCUT2D eigenvalue weighted by Gasteiger charge is 2.81. The quantitative estimate of drug-likeness (QED) is 0.290. The van der Waals surface area contributed by atoms with Gasteiger partial charge in [0.1, 0.15) is 36.1 Å². The molecule has 0 aromatic heterocycles. The SMILES string of the molecule is C=C1C(=O)O[C@H]2[C@H]1[C@H](OC(=O)/C(C)=C/COC(C)=O)C[C@@]1(CO1)[C@H]1[C@@H](O)[C@H]3O[C@]3(C)[C@H]21. The van der Waals surface area contributed by atoms with Crippen LogP contribution in [0, 0.1) is 17.8 Å². The Morgan fingerprint density at radius 1 is 1.32 bits per heavy atom. The van der Waals surface area contributed by atoms with E-state index in [9.17, 15) is 19.5 Å². The smallest absolute Gasteiger partial charge is 0.334 e. The number of rotatable bonds is 4. The van der Waals surface area contributed by atoms with E-state index in [0.29, 0.717) is 13.0 Å². The van der Waals surface area contributed by atoms with Crippen LogP contribution in [0.1, 0.15) is 27.2 Å². The molecule has 31 heavy (non-hydrogen) atoms. The molecule has 0 unspecified atom stereocenters. The fourth-order valence-corrected chi connectivity index (χ4v) is 5.90. The van der Waals surface area contributed by atoms with Crippen molar-refractivity contribution in [1.82, 2.24) is 0 Å². The first-order valence-electron chi connectivity index (χ1n) is 10.5. The zero-order chi connectivity index (χ0) is 22.3. The molecule has 5 rings (SSSR count). The molecule has 0 amide bonds. The number of carbonyl (C=O) groups is 3. The third-order valence-electron chi connectivity index (χ3n) is 7.56. The molecule has 0 aromatic carbocycles. The van der Waals surface area contributed by atoms with Crippen LogP contribution >= 0.6 is 0 Å². The van der Waals surface area contributed by atoms with Gasteiger partial charge in [0.15, 0.2) is 0 Å². The molecule has 168 valence electrons. The largest absolute Gasteiger partial charge is 0.462 e. The van der Waals surface area contributed by atoms with E-state index >= 15 is 0 Å². The molecule has 2 saturated carbocycles. The molecule has 9 heteroatoms. The van der Waals surface area contributed by atoms with E-state index in [-0.39, 0.29) is 35.7 Å². The Hall–Kier alpha value is -2.23. The van der Waals surface area contributed by atoms with Gasteiger partial charge in [0.05, 0.1) is 18.6 Å². The van der Waals surface area contributed by atoms with Gasteiger partial charge in [-0.05, 0) is 19.9 Å². The molecule has 2 aliphatic carbocycles. The highest BCUT2D eigenvalue weighted by atomic mass is 16.6. The fourth-order valence-electron chi connectivity index (χ4n) is 5.90. The van der Waals surface area contributed by atoms with E-state index in [1.807, 2.05) is 6.92 Å². The first-order valence-corrected chi connectivity index (χ1v) is 10.5. The molecule has 1 spiro atoms. The Labute approximate surface area is 179 Å². The second-order valence-corrected chi connectivity index (χ2v) is 9.38. The number of hydrogen-bond acceptors (Lipinski definition) is 9. The van der Waals surface area contributed by atoms with Crippen molar-refractivity contribution in [1.29, 1.82) is 0 Å². The average molecular weight is 434 g/mol. The zero-order valence-corrected chi connectivity index (χ0v) is 17.7. The first-order chi connectivity index (χ1) is 14.6. The molecular weight excluding hydrogens is 408 g/mol. The lowest BCUT2D eigenvalue weighted by Gasteiger charge is -2.33. The van der Waals surface area contributed by atoms with Gasteiger partial charge in [0, 0.05) is 36.3 Å². The summed E-state index contributed by atoms with van der Waals surface area (Å²) in [6, 6.07) is 0. The molecule has 9 atom stereocenters. The van der Waals surface area contributed by atoms with Crippen molar-refractivity contribution in [3.63, 3.8) is 0 Å². The van der Waals surface area contributed by atoms with Gasteiger partial charge in [0.25, 0.3) is 0 Å². The van der Waals surface area contributed by atoms with Crippen LogP contribution in [-0.4, -0.2) is 71.8 Å². The summed E-state index contributed by atoms with van der Waals surface area (Å²) in [6.45, 7) is 9.07. The summed E-state index contributed by atoms with van der Waals surface area (Å²) in [6.07, 6.45) is -0.603. The Morgan fingerprint density at radius 2 is 2.03 bits per heavy atom. The van der Waals surface area contributed by atoms with Crippen molar-refractivity contribution in [2.45, 2.75) is 62.8 Å². The molecule has 3 saturated heterocycles. The van der Waals surface area contributed by atoms with Gasteiger partial charge in [-0.3, -0.25) is 4.79 Å². The summed E-state index contributed by atoms with van der Waals surface area (Å²) >= 11 is 0. The summed E-state index contributed by atoms with van der Waals surface area (Å²) in [5.41, 5.74) is -0.735. The molecule has 3 heterocycles. The molecule has 1 N–H and O–H groups in total. The molecule has 3 aliphatic heterocycles. The molecule has 0 bridgehead atoms. The van der Waals surface area contributed by atoms with Gasteiger partial charge in [-0.15, -0.1) is 0 Å². The number of ether oxygens (including phenoxy) is 5. The number of fused-ring (bicyclic) bond motifs is 6. The van der Waals surface area contributed by atoms with E-state index in [4.69, 9.17) is 23.7 Å². The van der Waals surface area contributed by atoms with Crippen LogP contribution in [0.2, 0.25) is 0 Å². The highest BCUT2D eigenvalue weighted by molar-refractivity contribution is 5.92. The van der Waals surface area contributed by atoms with Crippen molar-refractivity contribution in [2.24, 2.45) is 17.8 Å². The minimum atomic E-state index is -0.745. The lowest BCUT2D eigenvalue weighted by atomic mass is 9.76. The van der Waals surface area contributed by atoms with Crippen LogP contribution in [0.4, 0.5) is 0 Å². The van der Waals surface area contributed by atoms with Gasteiger partial charge in [-0.2, -0.15) is 0 Å². The second kappa shape index (κ2) is 6.63. The third-order valence-corrected chi connectivity index (χ3v) is 7.56. The van der Waals surface area contributed by atoms with Gasteiger partial charge in [0.2, 0.25) is 0 Å². The highest BCUT2D eigenvalue weighted by Crippen LogP contribution is 2.67. The van der Waals surface area contributed by atoms with E-state index in [1.165, 1.54) is 13.0 Å². The average Bonchev–Trinajstić information content (AvgIpc) is 3.57. The maximum Gasteiger partial charge on any atom is 0.334 e. The van der Waals surface area contributed by atoms with E-state index in [0.717, 1.165) is 0 Å². The Bertz CT molecular complexity index is 903. The minimum absolute atomic E-state index is 0.0399. The van der Waals surface area contributed by atoms with Crippen molar-refractivity contribution >= 4 is 17.9 Å². The fraction of sp³-hybridized carbons (Fsp3) is 0.682. The van der Waals surface area contributed by atoms with E-state index in [2.05, 4.69) is 6.58 Å². The topological polar surface area (TPSA) is 124 Å². The monoisotopic (exact) mass is 434 g/mol. The predicted molar refractivity (Wildman–Crippen MR) is 102 cm³/mol. The van der Waals surface area contributed by atoms with Gasteiger partial charge in [-0.1, -0.05) is 6.58 Å². The first kappa shape index (κ1) is 20.7. The summed E-state index contributed by atoms with van der Waals surface area (Å²) in [5, 5.41) is 10.9. The van der Waals surface area contributed by atoms with Crippen molar-refractivity contribution in [3.8, 4) is 0 Å². The second-order valence-electron chi connectivity index (χ2n) is 9.38. The van der Waals surface area contributed by atoms with Crippen LogP contribution in [0.25, 0.3) is 0 Å². The van der Waals surface area contributed by atoms with Crippen molar-refractivity contribution in [2.75, 3.05) is 13.2 Å². The summed E-state index contributed by atoms with van der Waals surface area (Å²) in [4.78, 5) is 36.1. The third kappa shape index (κ3) is 2.97. The van der Waals surface area contributed by atoms with Gasteiger partial charge in [-0.25, -0.2) is 9.59 Å². The van der Waals surface area contributed by atoms with Gasteiger partial charge >= 0.3 is 17.9 Å². The number of esters is 3. The molecule has 5 fully saturated rings. The number of aliphatic hydroxyl groups excluding tert-OH is 1. The lowest BCUT2D eigenvalue weighted by Crippen LogP contribution is -2.44. The maximum atomic E-state index is 12.8. The predicted octanol–water partition coefficient (Wildman–Crippen LogP) is 0.442. The van der Waals surface area contributed by atoms with E-state index < -0.39 is 53.3 Å². The van der Waals surface area contributed by atoms with Crippen LogP contribution in [0.15, 0.2) is 23.8 Å². The number of epoxide rings is 2. The summed E-state index contributed by atoms with van der Waals surface area (Å²) in [7, 11) is 0. The Balaban J connectivity index is 1.44. The van der Waals surface area contributed by atoms with E-state index in [1.54, 1.807) is 6.92 Å². The Morgan fingerprint density at radius 3 is 2.68 bits per heavy atom. The zero-order valence-electron chi connectivity index (χ0n) is 17.7.